The number of benzene rings is 3. The number of aromatic hydroxyl groups is 1. The summed E-state index contributed by atoms with van der Waals surface area (Å²) in [6, 6.07) is 23.5. The van der Waals surface area contributed by atoms with E-state index >= 15 is 0 Å². The highest BCUT2D eigenvalue weighted by molar-refractivity contribution is 8.18. The van der Waals surface area contributed by atoms with Gasteiger partial charge in [-0.3, -0.25) is 19.3 Å². The summed E-state index contributed by atoms with van der Waals surface area (Å²) < 4.78 is 0. The van der Waals surface area contributed by atoms with Crippen LogP contribution in [0, 0.1) is 0 Å². The summed E-state index contributed by atoms with van der Waals surface area (Å²) >= 11 is 0.813. The van der Waals surface area contributed by atoms with Gasteiger partial charge in [-0.2, -0.15) is 0 Å². The summed E-state index contributed by atoms with van der Waals surface area (Å²) in [5, 5.41) is 11.4. The number of phenols is 1. The molecule has 0 radical (unpaired) electrons. The predicted octanol–water partition coefficient (Wildman–Crippen LogP) is 4.73. The zero-order valence-electron chi connectivity index (χ0n) is 16.3. The Morgan fingerprint density at radius 2 is 1.55 bits per heavy atom. The van der Waals surface area contributed by atoms with Crippen molar-refractivity contribution in [2.75, 3.05) is 11.9 Å². The summed E-state index contributed by atoms with van der Waals surface area (Å²) in [6.07, 6.45) is 1.65. The molecule has 1 saturated heterocycles. The molecule has 0 unspecified atom stereocenters. The molecular weight excluding hydrogens is 412 g/mol. The van der Waals surface area contributed by atoms with Crippen molar-refractivity contribution >= 4 is 40.6 Å². The van der Waals surface area contributed by atoms with Crippen LogP contribution in [0.1, 0.15) is 5.56 Å². The molecule has 3 amide bonds. The highest BCUT2D eigenvalue weighted by atomic mass is 32.2. The molecule has 2 N–H and O–H groups in total. The van der Waals surface area contributed by atoms with Crippen molar-refractivity contribution < 1.29 is 19.5 Å². The third-order valence-corrected chi connectivity index (χ3v) is 5.55. The topological polar surface area (TPSA) is 86.7 Å². The van der Waals surface area contributed by atoms with Gasteiger partial charge in [0.05, 0.1) is 4.91 Å². The molecule has 0 spiro atoms. The van der Waals surface area contributed by atoms with Gasteiger partial charge in [-0.05, 0) is 58.8 Å². The van der Waals surface area contributed by atoms with Gasteiger partial charge in [0.15, 0.2) is 0 Å². The molecule has 1 fully saturated rings. The van der Waals surface area contributed by atoms with E-state index in [0.717, 1.165) is 33.4 Å². The molecule has 0 saturated carbocycles. The summed E-state index contributed by atoms with van der Waals surface area (Å²) in [6.45, 7) is -0.379. The van der Waals surface area contributed by atoms with Crippen LogP contribution in [0.15, 0.2) is 83.8 Å². The van der Waals surface area contributed by atoms with Crippen molar-refractivity contribution in [3.8, 4) is 16.9 Å². The lowest BCUT2D eigenvalue weighted by Crippen LogP contribution is -2.36. The number of carbonyl (C=O) groups excluding carboxylic acids is 3. The Hall–Kier alpha value is -3.84. The fourth-order valence-electron chi connectivity index (χ4n) is 3.08. The Kier molecular flexibility index (Phi) is 5.86. The van der Waals surface area contributed by atoms with Gasteiger partial charge in [-0.25, -0.2) is 0 Å². The first-order chi connectivity index (χ1) is 15.0. The summed E-state index contributed by atoms with van der Waals surface area (Å²) in [4.78, 5) is 38.3. The van der Waals surface area contributed by atoms with Crippen molar-refractivity contribution in [1.82, 2.24) is 4.90 Å². The first-order valence-corrected chi connectivity index (χ1v) is 10.3. The van der Waals surface area contributed by atoms with Gasteiger partial charge in [0.2, 0.25) is 5.91 Å². The van der Waals surface area contributed by atoms with Crippen LogP contribution < -0.4 is 5.32 Å². The highest BCUT2D eigenvalue weighted by Gasteiger charge is 2.36. The number of thioether (sulfide) groups is 1. The van der Waals surface area contributed by atoms with Crippen LogP contribution in [0.3, 0.4) is 0 Å². The zero-order valence-corrected chi connectivity index (χ0v) is 17.1. The second-order valence-corrected chi connectivity index (χ2v) is 7.84. The third-order valence-electron chi connectivity index (χ3n) is 4.64. The maximum absolute atomic E-state index is 12.6. The van der Waals surface area contributed by atoms with Crippen LogP contribution >= 0.6 is 11.8 Å². The lowest BCUT2D eigenvalue weighted by atomic mass is 10.0. The maximum Gasteiger partial charge on any atom is 0.294 e. The molecule has 0 atom stereocenters. The molecule has 4 rings (SSSR count). The third kappa shape index (κ3) is 4.84. The van der Waals surface area contributed by atoms with Gasteiger partial charge in [0, 0.05) is 5.69 Å². The number of anilines is 1. The quantitative estimate of drug-likeness (QED) is 0.451. The number of nitrogens with one attached hydrogen (secondary N) is 1. The molecule has 7 heteroatoms. The van der Waals surface area contributed by atoms with E-state index in [1.807, 2.05) is 54.6 Å². The number of imide groups is 1. The smallest absolute Gasteiger partial charge is 0.294 e. The molecule has 1 aliphatic rings. The fourth-order valence-corrected chi connectivity index (χ4v) is 3.92. The summed E-state index contributed by atoms with van der Waals surface area (Å²) in [7, 11) is 0. The van der Waals surface area contributed by atoms with Crippen molar-refractivity contribution in [2.24, 2.45) is 0 Å². The Morgan fingerprint density at radius 3 is 2.23 bits per heavy atom. The molecule has 0 aliphatic carbocycles. The molecule has 6 nitrogen and oxygen atoms in total. The fraction of sp³-hybridized carbons (Fsp3) is 0.0417. The molecule has 0 aromatic heterocycles. The van der Waals surface area contributed by atoms with Gasteiger partial charge in [-0.1, -0.05) is 54.6 Å². The normalized spacial score (nSPS) is 14.8. The lowest BCUT2D eigenvalue weighted by Gasteiger charge is -2.12. The number of nitrogens with zero attached hydrogens (tertiary/aromatic N) is 1. The minimum Gasteiger partial charge on any atom is -0.508 e. The largest absolute Gasteiger partial charge is 0.508 e. The lowest BCUT2D eigenvalue weighted by molar-refractivity contribution is -0.127. The second-order valence-electron chi connectivity index (χ2n) is 6.85. The summed E-state index contributed by atoms with van der Waals surface area (Å²) in [5.41, 5.74) is 3.40. The Bertz CT molecular complexity index is 1160. The van der Waals surface area contributed by atoms with Crippen molar-refractivity contribution in [1.29, 1.82) is 0 Å². The molecule has 31 heavy (non-hydrogen) atoms. The molecule has 154 valence electrons. The molecule has 1 heterocycles. The van der Waals surface area contributed by atoms with Crippen LogP contribution in [0.4, 0.5) is 10.5 Å². The number of phenolic OH excluding ortho intramolecular Hbond substituents is 1. The van der Waals surface area contributed by atoms with E-state index in [1.54, 1.807) is 6.08 Å². The van der Waals surface area contributed by atoms with Gasteiger partial charge in [0.1, 0.15) is 12.3 Å². The molecule has 3 aromatic carbocycles. The first kappa shape index (κ1) is 20.4. The second kappa shape index (κ2) is 8.89. The molecule has 0 bridgehead atoms. The Morgan fingerprint density at radius 1 is 0.903 bits per heavy atom. The van der Waals surface area contributed by atoms with Crippen LogP contribution in [-0.2, 0) is 9.59 Å². The minimum absolute atomic E-state index is 0.0749. The average molecular weight is 430 g/mol. The van der Waals surface area contributed by atoms with Crippen LogP contribution in [0.5, 0.6) is 5.75 Å². The zero-order chi connectivity index (χ0) is 21.8. The standard InChI is InChI=1S/C24H18N2O4S/c27-20-12-10-19(11-13-20)25-22(28)15-26-23(29)21(31-24(26)30)14-16-6-8-18(9-7-16)17-4-2-1-3-5-17/h1-14,27H,15H2,(H,25,28)/b21-14-. The van der Waals surface area contributed by atoms with E-state index in [-0.39, 0.29) is 17.2 Å². The van der Waals surface area contributed by atoms with Crippen LogP contribution in [0.2, 0.25) is 0 Å². The van der Waals surface area contributed by atoms with Gasteiger partial charge >= 0.3 is 0 Å². The Labute approximate surface area is 183 Å². The van der Waals surface area contributed by atoms with E-state index in [4.69, 9.17) is 0 Å². The number of hydrogen-bond donors (Lipinski definition) is 2. The van der Waals surface area contributed by atoms with E-state index in [1.165, 1.54) is 24.3 Å². The molecule has 1 aliphatic heterocycles. The van der Waals surface area contributed by atoms with Gasteiger partial charge in [0.25, 0.3) is 11.1 Å². The van der Waals surface area contributed by atoms with E-state index in [2.05, 4.69) is 5.32 Å². The Balaban J connectivity index is 1.43. The first-order valence-electron chi connectivity index (χ1n) is 9.49. The van der Waals surface area contributed by atoms with E-state index in [0.29, 0.717) is 5.69 Å². The summed E-state index contributed by atoms with van der Waals surface area (Å²) in [5.74, 6) is -0.921. The van der Waals surface area contributed by atoms with Crippen molar-refractivity contribution in [3.63, 3.8) is 0 Å². The SMILES string of the molecule is O=C(CN1C(=O)S/C(=C\c2ccc(-c3ccccc3)cc2)C1=O)Nc1ccc(O)cc1. The maximum atomic E-state index is 12.6. The van der Waals surface area contributed by atoms with Gasteiger partial charge < -0.3 is 10.4 Å². The highest BCUT2D eigenvalue weighted by Crippen LogP contribution is 2.32. The van der Waals surface area contributed by atoms with Gasteiger partial charge in [-0.15, -0.1) is 0 Å². The minimum atomic E-state index is -0.499. The van der Waals surface area contributed by atoms with Crippen LogP contribution in [-0.4, -0.2) is 33.6 Å². The molecular formula is C24H18N2O4S. The molecule has 3 aromatic rings. The number of rotatable bonds is 5. The number of carbonyl (C=O) groups is 3. The monoisotopic (exact) mass is 430 g/mol. The van der Waals surface area contributed by atoms with Crippen LogP contribution in [0.25, 0.3) is 17.2 Å². The number of hydrogen-bond acceptors (Lipinski definition) is 5. The average Bonchev–Trinajstić information content (AvgIpc) is 3.04. The van der Waals surface area contributed by atoms with Crippen molar-refractivity contribution in [3.05, 3.63) is 89.3 Å². The van der Waals surface area contributed by atoms with Crippen molar-refractivity contribution in [2.45, 2.75) is 0 Å². The van der Waals surface area contributed by atoms with E-state index in [9.17, 15) is 19.5 Å². The van der Waals surface area contributed by atoms with E-state index < -0.39 is 17.1 Å². The predicted molar refractivity (Wildman–Crippen MR) is 121 cm³/mol. The number of amides is 3.